The van der Waals surface area contributed by atoms with Gasteiger partial charge in [-0.1, -0.05) is 19.9 Å². The fourth-order valence-electron chi connectivity index (χ4n) is 0.743. The van der Waals surface area contributed by atoms with Crippen molar-refractivity contribution < 1.29 is 4.74 Å². The average molecular weight is 187 g/mol. The van der Waals surface area contributed by atoms with Crippen LogP contribution in [0.4, 0.5) is 0 Å². The van der Waals surface area contributed by atoms with Crippen molar-refractivity contribution in [1.29, 1.82) is 0 Å². The minimum absolute atomic E-state index is 0.116. The Hall–Kier alpha value is -0.570. The van der Waals surface area contributed by atoms with E-state index < -0.39 is 0 Å². The quantitative estimate of drug-likeness (QED) is 0.539. The van der Waals surface area contributed by atoms with E-state index in [2.05, 4.69) is 25.2 Å². The van der Waals surface area contributed by atoms with Gasteiger partial charge in [0.15, 0.2) is 0 Å². The van der Waals surface area contributed by atoms with Crippen molar-refractivity contribution in [3.8, 4) is 0 Å². The molecule has 0 bridgehead atoms. The van der Waals surface area contributed by atoms with Gasteiger partial charge in [0.05, 0.1) is 0 Å². The molecular weight excluding hydrogens is 170 g/mol. The van der Waals surface area contributed by atoms with E-state index >= 15 is 0 Å². The number of allylic oxidation sites excluding steroid dienone is 1. The van der Waals surface area contributed by atoms with E-state index in [4.69, 9.17) is 17.0 Å². The maximum absolute atomic E-state index is 5.38. The third kappa shape index (κ3) is 5.13. The standard InChI is InChI=1S/C9H17NOS/c1-4-6-7-8(5-2)11-9(12)10-3/h6-8H,4-5H2,1-3H3,(H,10,12)/b7-6+/t8-/m1/s1. The summed E-state index contributed by atoms with van der Waals surface area (Å²) in [5.74, 6) is 0. The predicted molar refractivity (Wildman–Crippen MR) is 56.3 cm³/mol. The van der Waals surface area contributed by atoms with Crippen LogP contribution in [0.25, 0.3) is 0 Å². The molecule has 0 fully saturated rings. The molecule has 0 aliphatic carbocycles. The maximum Gasteiger partial charge on any atom is 0.256 e. The highest BCUT2D eigenvalue weighted by Gasteiger charge is 2.03. The predicted octanol–water partition coefficient (Wildman–Crippen LogP) is 2.25. The Kier molecular flexibility index (Phi) is 6.76. The van der Waals surface area contributed by atoms with Gasteiger partial charge in [-0.25, -0.2) is 0 Å². The summed E-state index contributed by atoms with van der Waals surface area (Å²) in [6.45, 7) is 4.17. The fourth-order valence-corrected chi connectivity index (χ4v) is 0.867. The van der Waals surface area contributed by atoms with E-state index in [0.717, 1.165) is 12.8 Å². The maximum atomic E-state index is 5.38. The summed E-state index contributed by atoms with van der Waals surface area (Å²) < 4.78 is 5.38. The van der Waals surface area contributed by atoms with Gasteiger partial charge < -0.3 is 10.1 Å². The van der Waals surface area contributed by atoms with Gasteiger partial charge in [0, 0.05) is 7.05 Å². The van der Waals surface area contributed by atoms with Crippen LogP contribution >= 0.6 is 12.2 Å². The van der Waals surface area contributed by atoms with E-state index in [1.54, 1.807) is 7.05 Å². The molecule has 2 nitrogen and oxygen atoms in total. The second kappa shape index (κ2) is 7.10. The minimum atomic E-state index is 0.116. The zero-order valence-corrected chi connectivity index (χ0v) is 8.78. The molecule has 0 aromatic heterocycles. The molecule has 1 N–H and O–H groups in total. The Balaban J connectivity index is 3.82. The molecule has 1 atom stereocenters. The first-order chi connectivity index (χ1) is 5.74. The molecule has 0 radical (unpaired) electrons. The van der Waals surface area contributed by atoms with Crippen molar-refractivity contribution in [1.82, 2.24) is 5.32 Å². The second-order valence-corrected chi connectivity index (χ2v) is 2.81. The highest BCUT2D eigenvalue weighted by molar-refractivity contribution is 7.80. The molecule has 0 amide bonds. The van der Waals surface area contributed by atoms with Crippen molar-refractivity contribution in [2.45, 2.75) is 32.8 Å². The number of hydrogen-bond acceptors (Lipinski definition) is 2. The molecule has 0 aromatic carbocycles. The van der Waals surface area contributed by atoms with Crippen molar-refractivity contribution in [2.75, 3.05) is 7.05 Å². The van der Waals surface area contributed by atoms with Gasteiger partial charge in [-0.05, 0) is 31.1 Å². The third-order valence-corrected chi connectivity index (χ3v) is 1.75. The first-order valence-electron chi connectivity index (χ1n) is 4.29. The first-order valence-corrected chi connectivity index (χ1v) is 4.70. The van der Waals surface area contributed by atoms with Crippen molar-refractivity contribution in [3.05, 3.63) is 12.2 Å². The summed E-state index contributed by atoms with van der Waals surface area (Å²) in [6, 6.07) is 0. The van der Waals surface area contributed by atoms with Crippen LogP contribution in [0.15, 0.2) is 12.2 Å². The number of thiocarbonyl (C=S) groups is 1. The van der Waals surface area contributed by atoms with Gasteiger partial charge in [-0.3, -0.25) is 0 Å². The van der Waals surface area contributed by atoms with Crippen molar-refractivity contribution >= 4 is 17.4 Å². The van der Waals surface area contributed by atoms with E-state index in [1.165, 1.54) is 0 Å². The molecule has 0 saturated heterocycles. The Labute approximate surface area is 80.0 Å². The van der Waals surface area contributed by atoms with Crippen LogP contribution in [0.2, 0.25) is 0 Å². The van der Waals surface area contributed by atoms with E-state index in [9.17, 15) is 0 Å². The topological polar surface area (TPSA) is 21.3 Å². The summed E-state index contributed by atoms with van der Waals surface area (Å²) in [7, 11) is 1.76. The summed E-state index contributed by atoms with van der Waals surface area (Å²) in [5.41, 5.74) is 0. The molecule has 70 valence electrons. The summed E-state index contributed by atoms with van der Waals surface area (Å²) >= 11 is 4.88. The normalized spacial score (nSPS) is 12.9. The van der Waals surface area contributed by atoms with Crippen LogP contribution in [0.1, 0.15) is 26.7 Å². The van der Waals surface area contributed by atoms with Crippen LogP contribution in [0.5, 0.6) is 0 Å². The van der Waals surface area contributed by atoms with E-state index in [0.29, 0.717) is 5.17 Å². The Bertz CT molecular complexity index is 157. The smallest absolute Gasteiger partial charge is 0.256 e. The van der Waals surface area contributed by atoms with Crippen LogP contribution in [0.3, 0.4) is 0 Å². The molecule has 0 saturated carbocycles. The third-order valence-electron chi connectivity index (χ3n) is 1.45. The van der Waals surface area contributed by atoms with Crippen molar-refractivity contribution in [2.24, 2.45) is 0 Å². The molecule has 0 rings (SSSR count). The lowest BCUT2D eigenvalue weighted by Crippen LogP contribution is -2.24. The summed E-state index contributed by atoms with van der Waals surface area (Å²) in [6.07, 6.45) is 6.23. The van der Waals surface area contributed by atoms with Gasteiger partial charge in [0.2, 0.25) is 0 Å². The highest BCUT2D eigenvalue weighted by Crippen LogP contribution is 2.01. The van der Waals surface area contributed by atoms with Crippen LogP contribution < -0.4 is 5.32 Å². The zero-order chi connectivity index (χ0) is 9.40. The van der Waals surface area contributed by atoms with Gasteiger partial charge in [0.25, 0.3) is 5.17 Å². The number of rotatable bonds is 4. The lowest BCUT2D eigenvalue weighted by atomic mass is 10.2. The molecule has 0 aliphatic heterocycles. The largest absolute Gasteiger partial charge is 0.464 e. The van der Waals surface area contributed by atoms with E-state index in [-0.39, 0.29) is 6.10 Å². The van der Waals surface area contributed by atoms with Gasteiger partial charge >= 0.3 is 0 Å². The molecule has 3 heteroatoms. The monoisotopic (exact) mass is 187 g/mol. The molecule has 0 spiro atoms. The van der Waals surface area contributed by atoms with Crippen LogP contribution in [-0.2, 0) is 4.74 Å². The number of ether oxygens (including phenoxy) is 1. The lowest BCUT2D eigenvalue weighted by molar-refractivity contribution is 0.229. The Morgan fingerprint density at radius 3 is 2.67 bits per heavy atom. The highest BCUT2D eigenvalue weighted by atomic mass is 32.1. The van der Waals surface area contributed by atoms with Gasteiger partial charge in [0.1, 0.15) is 6.10 Å². The van der Waals surface area contributed by atoms with Crippen LogP contribution in [-0.4, -0.2) is 18.3 Å². The lowest BCUT2D eigenvalue weighted by Gasteiger charge is -2.13. The molecule has 0 unspecified atom stereocenters. The molecule has 0 aromatic rings. The molecular formula is C9H17NOS. The molecule has 12 heavy (non-hydrogen) atoms. The number of hydrogen-bond donors (Lipinski definition) is 1. The van der Waals surface area contributed by atoms with E-state index in [1.807, 2.05) is 6.08 Å². The Morgan fingerprint density at radius 2 is 2.25 bits per heavy atom. The second-order valence-electron chi connectivity index (χ2n) is 2.44. The van der Waals surface area contributed by atoms with Gasteiger partial charge in [-0.15, -0.1) is 0 Å². The van der Waals surface area contributed by atoms with Gasteiger partial charge in [-0.2, -0.15) is 0 Å². The van der Waals surface area contributed by atoms with Crippen LogP contribution in [0, 0.1) is 0 Å². The molecule has 0 heterocycles. The summed E-state index contributed by atoms with van der Waals surface area (Å²) in [5, 5.41) is 3.24. The first kappa shape index (κ1) is 11.4. The fraction of sp³-hybridized carbons (Fsp3) is 0.667. The zero-order valence-electron chi connectivity index (χ0n) is 7.96. The molecule has 0 aliphatic rings. The average Bonchev–Trinajstić information content (AvgIpc) is 2.11. The summed E-state index contributed by atoms with van der Waals surface area (Å²) in [4.78, 5) is 0. The SMILES string of the molecule is CC/C=C/[C@@H](CC)OC(=S)NC. The number of nitrogens with one attached hydrogen (secondary N) is 1. The Morgan fingerprint density at radius 1 is 1.58 bits per heavy atom. The minimum Gasteiger partial charge on any atom is -0.464 e. The van der Waals surface area contributed by atoms with Crippen molar-refractivity contribution in [3.63, 3.8) is 0 Å².